The van der Waals surface area contributed by atoms with Gasteiger partial charge in [-0.15, -0.1) is 0 Å². The van der Waals surface area contributed by atoms with Crippen LogP contribution in [0.1, 0.15) is 0 Å². The molecule has 2 aliphatic heterocycles. The van der Waals surface area contributed by atoms with Gasteiger partial charge in [0, 0.05) is 7.05 Å². The zero-order valence-electron chi connectivity index (χ0n) is 6.52. The molecule has 0 aliphatic carbocycles. The molecule has 0 atom stereocenters. The van der Waals surface area contributed by atoms with Crippen molar-refractivity contribution in [3.63, 3.8) is 0 Å². The maximum Gasteiger partial charge on any atom is 0.165 e. The first-order chi connectivity index (χ1) is 5.77. The van der Waals surface area contributed by atoms with E-state index in [0.717, 1.165) is 0 Å². The van der Waals surface area contributed by atoms with Crippen molar-refractivity contribution in [2.45, 2.75) is 0 Å². The van der Waals surface area contributed by atoms with E-state index in [9.17, 15) is 0 Å². The molecule has 0 spiro atoms. The number of hydrogen-bond donors (Lipinski definition) is 1. The van der Waals surface area contributed by atoms with Crippen LogP contribution in [0.4, 0.5) is 0 Å². The number of nitrogens with one attached hydrogen (secondary N) is 1. The van der Waals surface area contributed by atoms with Gasteiger partial charge in [-0.05, 0) is 0 Å². The molecule has 0 aromatic rings. The maximum atomic E-state index is 7.27. The van der Waals surface area contributed by atoms with Crippen molar-refractivity contribution >= 4 is 0 Å². The van der Waals surface area contributed by atoms with Crippen LogP contribution in [0.5, 0.6) is 0 Å². The Bertz CT molecular complexity index is 432. The fourth-order valence-corrected chi connectivity index (χ4v) is 0.998. The number of fused-ring (bicyclic) bond motifs is 1. The molecule has 0 saturated heterocycles. The third-order valence-corrected chi connectivity index (χ3v) is 1.55. The summed E-state index contributed by atoms with van der Waals surface area (Å²) in [6.07, 6.45) is 4.67. The normalized spacial score (nSPS) is 10.4. The van der Waals surface area contributed by atoms with Gasteiger partial charge in [-0.2, -0.15) is 0 Å². The van der Waals surface area contributed by atoms with E-state index in [2.05, 4.69) is 15.0 Å². The van der Waals surface area contributed by atoms with E-state index in [0.29, 0.717) is 11.5 Å². The summed E-state index contributed by atoms with van der Waals surface area (Å²) >= 11 is 0. The molecule has 0 aromatic heterocycles. The maximum absolute atomic E-state index is 7.27. The highest BCUT2D eigenvalue weighted by Crippen LogP contribution is 2.09. The molecule has 0 amide bonds. The van der Waals surface area contributed by atoms with E-state index in [1.807, 2.05) is 7.05 Å². The Morgan fingerprint density at radius 3 is 3.08 bits per heavy atom. The number of aromatic nitrogens is 4. The molecule has 0 fully saturated rings. The van der Waals surface area contributed by atoms with Gasteiger partial charge in [0.15, 0.2) is 11.3 Å². The van der Waals surface area contributed by atoms with E-state index >= 15 is 0 Å². The van der Waals surface area contributed by atoms with Crippen molar-refractivity contribution in [1.29, 1.82) is 5.41 Å². The van der Waals surface area contributed by atoms with E-state index in [-0.39, 0.29) is 5.49 Å². The molecule has 5 nitrogen and oxygen atoms in total. The van der Waals surface area contributed by atoms with Crippen LogP contribution in [0.25, 0.3) is 11.5 Å². The molecule has 1 N–H and O–H groups in total. The lowest BCUT2D eigenvalue weighted by Crippen LogP contribution is -2.13. The number of hydrogen-bond acceptors (Lipinski definition) is 4. The van der Waals surface area contributed by atoms with Gasteiger partial charge in [0.1, 0.15) is 5.69 Å². The Kier molecular flexibility index (Phi) is 1.36. The van der Waals surface area contributed by atoms with Crippen molar-refractivity contribution in [2.75, 3.05) is 0 Å². The summed E-state index contributed by atoms with van der Waals surface area (Å²) in [5, 5.41) is 7.27. The zero-order chi connectivity index (χ0) is 8.55. The second kappa shape index (κ2) is 2.37. The molecule has 60 valence electrons. The van der Waals surface area contributed by atoms with Crippen LogP contribution in [-0.2, 0) is 7.05 Å². The van der Waals surface area contributed by atoms with Crippen LogP contribution in [0.2, 0.25) is 0 Å². The zero-order valence-corrected chi connectivity index (χ0v) is 6.52. The van der Waals surface area contributed by atoms with Crippen LogP contribution < -0.4 is 5.49 Å². The monoisotopic (exact) mass is 161 g/mol. The quantitative estimate of drug-likeness (QED) is 0.581. The summed E-state index contributed by atoms with van der Waals surface area (Å²) in [7, 11) is 1.82. The van der Waals surface area contributed by atoms with Crippen LogP contribution in [0.15, 0.2) is 18.7 Å². The molecule has 12 heavy (non-hydrogen) atoms. The second-order valence-electron chi connectivity index (χ2n) is 2.47. The predicted molar refractivity (Wildman–Crippen MR) is 41.3 cm³/mol. The number of nitrogens with zero attached hydrogens (tertiary/aromatic N) is 4. The van der Waals surface area contributed by atoms with Gasteiger partial charge in [-0.3, -0.25) is 5.41 Å². The largest absolute Gasteiger partial charge is 0.318 e. The minimum absolute atomic E-state index is 0.171. The Morgan fingerprint density at radius 1 is 1.42 bits per heavy atom. The number of aryl methyl sites for hydroxylation is 1. The highest BCUT2D eigenvalue weighted by molar-refractivity contribution is 5.47. The average molecular weight is 161 g/mol. The molecular weight excluding hydrogens is 154 g/mol. The smallest absolute Gasteiger partial charge is 0.165 e. The topological polar surface area (TPSA) is 67.5 Å². The Labute approximate surface area is 68.6 Å². The lowest BCUT2D eigenvalue weighted by molar-refractivity contribution is 0.819. The molecule has 2 rings (SSSR count). The first-order valence-corrected chi connectivity index (χ1v) is 3.45. The summed E-state index contributed by atoms with van der Waals surface area (Å²) in [5.74, 6) is 0.678. The van der Waals surface area contributed by atoms with Crippen molar-refractivity contribution in [3.05, 3.63) is 24.2 Å². The van der Waals surface area contributed by atoms with E-state index in [1.54, 1.807) is 17.1 Å². The lowest BCUT2D eigenvalue weighted by atomic mass is 10.4. The van der Waals surface area contributed by atoms with E-state index in [4.69, 9.17) is 5.41 Å². The summed E-state index contributed by atoms with van der Waals surface area (Å²) < 4.78 is 1.74. The molecule has 0 aromatic carbocycles. The van der Waals surface area contributed by atoms with Crippen molar-refractivity contribution < 1.29 is 0 Å². The Balaban J connectivity index is 2.87. The molecule has 5 heteroatoms. The van der Waals surface area contributed by atoms with E-state index < -0.39 is 0 Å². The fourth-order valence-electron chi connectivity index (χ4n) is 0.998. The summed E-state index contributed by atoms with van der Waals surface area (Å²) in [5.41, 5.74) is 0.875. The van der Waals surface area contributed by atoms with Gasteiger partial charge >= 0.3 is 0 Å². The minimum Gasteiger partial charge on any atom is -0.318 e. The minimum atomic E-state index is 0.171. The lowest BCUT2D eigenvalue weighted by Gasteiger charge is -2.05. The second-order valence-corrected chi connectivity index (χ2v) is 2.47. The highest BCUT2D eigenvalue weighted by atomic mass is 15.1. The summed E-state index contributed by atoms with van der Waals surface area (Å²) in [6.45, 7) is 0. The van der Waals surface area contributed by atoms with Gasteiger partial charge in [0.05, 0.1) is 18.7 Å². The third kappa shape index (κ3) is 0.952. The van der Waals surface area contributed by atoms with Gasteiger partial charge in [-0.25, -0.2) is 15.0 Å². The first-order valence-electron chi connectivity index (χ1n) is 3.45. The van der Waals surface area contributed by atoms with Gasteiger partial charge in [-0.1, -0.05) is 0 Å². The van der Waals surface area contributed by atoms with Crippen molar-refractivity contribution in [2.24, 2.45) is 7.05 Å². The summed E-state index contributed by atoms with van der Waals surface area (Å²) in [6, 6.07) is 0. The standard InChI is InChI=1S/C7H7N5/c1-12-4-9-2-5-7(12)11-6(8)3-10-5/h2-4,8H,1H3. The molecule has 0 radical (unpaired) electrons. The fraction of sp³-hybridized carbons (Fsp3) is 0.143. The molecule has 0 saturated carbocycles. The molecular formula is C7H7N5. The Hall–Kier alpha value is -1.78. The van der Waals surface area contributed by atoms with Gasteiger partial charge in [0.25, 0.3) is 0 Å². The van der Waals surface area contributed by atoms with E-state index in [1.165, 1.54) is 6.20 Å². The number of rotatable bonds is 0. The Morgan fingerprint density at radius 2 is 2.25 bits per heavy atom. The average Bonchev–Trinajstić information content (AvgIpc) is 2.07. The third-order valence-electron chi connectivity index (χ3n) is 1.55. The van der Waals surface area contributed by atoms with Crippen molar-refractivity contribution in [3.8, 4) is 11.5 Å². The molecule has 0 bridgehead atoms. The molecule has 2 aliphatic rings. The van der Waals surface area contributed by atoms with Crippen molar-refractivity contribution in [1.82, 2.24) is 19.5 Å². The molecule has 0 unspecified atom stereocenters. The van der Waals surface area contributed by atoms with Gasteiger partial charge < -0.3 is 4.57 Å². The van der Waals surface area contributed by atoms with Crippen LogP contribution in [0, 0.1) is 5.41 Å². The van der Waals surface area contributed by atoms with Crippen LogP contribution in [-0.4, -0.2) is 19.5 Å². The SMILES string of the molecule is Cn1cncc2ncc(=N)nc1-2. The highest BCUT2D eigenvalue weighted by Gasteiger charge is 2.05. The molecule has 2 heterocycles. The summed E-state index contributed by atoms with van der Waals surface area (Å²) in [4.78, 5) is 12.0. The predicted octanol–water partition coefficient (Wildman–Crippen LogP) is -0.206. The van der Waals surface area contributed by atoms with Gasteiger partial charge in [0.2, 0.25) is 0 Å². The van der Waals surface area contributed by atoms with Crippen LogP contribution in [0.3, 0.4) is 0 Å². The van der Waals surface area contributed by atoms with Crippen LogP contribution >= 0.6 is 0 Å². The first kappa shape index (κ1) is 6.90.